The Hall–Kier alpha value is -1.86. The molecule has 0 bridgehead atoms. The number of anilines is 1. The second-order valence-corrected chi connectivity index (χ2v) is 6.04. The van der Waals surface area contributed by atoms with Crippen molar-refractivity contribution in [3.63, 3.8) is 0 Å². The molecule has 24 heavy (non-hydrogen) atoms. The molecule has 1 heterocycles. The molecule has 134 valence electrons. The van der Waals surface area contributed by atoms with Crippen LogP contribution in [0.1, 0.15) is 19.8 Å². The minimum absolute atomic E-state index is 0.0681. The number of halogens is 1. The maximum Gasteiger partial charge on any atom is 0.322 e. The number of nitrogens with zero attached hydrogens (tertiary/aromatic N) is 1. The molecule has 1 aromatic rings. The van der Waals surface area contributed by atoms with Gasteiger partial charge in [0, 0.05) is 38.1 Å². The van der Waals surface area contributed by atoms with Gasteiger partial charge in [0.05, 0.1) is 6.61 Å². The summed E-state index contributed by atoms with van der Waals surface area (Å²) in [4.78, 5) is 14.1. The summed E-state index contributed by atoms with van der Waals surface area (Å²) in [6.07, 6.45) is 1.75. The van der Waals surface area contributed by atoms with Crippen molar-refractivity contribution in [2.75, 3.05) is 38.8 Å². The van der Waals surface area contributed by atoms with E-state index in [1.54, 1.807) is 18.1 Å². The van der Waals surface area contributed by atoms with Gasteiger partial charge in [-0.1, -0.05) is 0 Å². The van der Waals surface area contributed by atoms with E-state index < -0.39 is 5.82 Å². The summed E-state index contributed by atoms with van der Waals surface area (Å²) in [7, 11) is 1.54. The molecular weight excluding hydrogens is 315 g/mol. The molecule has 0 unspecified atom stereocenters. The summed E-state index contributed by atoms with van der Waals surface area (Å²) in [5, 5.41) is 12.0. The van der Waals surface area contributed by atoms with Gasteiger partial charge in [0.15, 0.2) is 11.6 Å². The summed E-state index contributed by atoms with van der Waals surface area (Å²) in [5.74, 6) is -0.319. The number of aliphatic hydroxyl groups excluding tert-OH is 1. The number of hydrogen-bond donors (Lipinski definition) is 2. The van der Waals surface area contributed by atoms with Crippen LogP contribution < -0.4 is 10.1 Å². The van der Waals surface area contributed by atoms with Crippen molar-refractivity contribution in [2.24, 2.45) is 5.92 Å². The number of urea groups is 1. The lowest BCUT2D eigenvalue weighted by molar-refractivity contribution is 0.107. The summed E-state index contributed by atoms with van der Waals surface area (Å²) < 4.78 is 24.1. The largest absolute Gasteiger partial charge is 0.488 e. The number of carbonyl (C=O) groups is 1. The molecule has 1 fully saturated rings. The van der Waals surface area contributed by atoms with E-state index in [1.165, 1.54) is 12.1 Å². The second kappa shape index (κ2) is 8.84. The monoisotopic (exact) mass is 340 g/mol. The molecule has 1 saturated heterocycles. The van der Waals surface area contributed by atoms with Crippen molar-refractivity contribution in [3.8, 4) is 5.75 Å². The summed E-state index contributed by atoms with van der Waals surface area (Å²) in [6, 6.07) is 4.12. The normalized spacial score (nSPS) is 20.8. The van der Waals surface area contributed by atoms with E-state index in [0.717, 1.165) is 12.8 Å². The second-order valence-electron chi connectivity index (χ2n) is 6.04. The van der Waals surface area contributed by atoms with Gasteiger partial charge in [-0.2, -0.15) is 0 Å². The first-order chi connectivity index (χ1) is 11.5. The van der Waals surface area contributed by atoms with Gasteiger partial charge in [0.1, 0.15) is 6.61 Å². The maximum atomic E-state index is 14.0. The number of aliphatic hydroxyl groups is 1. The first-order valence-corrected chi connectivity index (χ1v) is 8.15. The highest BCUT2D eigenvalue weighted by Crippen LogP contribution is 2.24. The fourth-order valence-corrected chi connectivity index (χ4v) is 2.74. The molecule has 2 atom stereocenters. The van der Waals surface area contributed by atoms with Crippen LogP contribution in [0.5, 0.6) is 5.75 Å². The number of benzene rings is 1. The van der Waals surface area contributed by atoms with Crippen LogP contribution in [0, 0.1) is 11.7 Å². The number of rotatable bonds is 6. The summed E-state index contributed by atoms with van der Waals surface area (Å²) >= 11 is 0. The van der Waals surface area contributed by atoms with Crippen LogP contribution in [0.4, 0.5) is 14.9 Å². The van der Waals surface area contributed by atoms with Gasteiger partial charge in [-0.05, 0) is 37.8 Å². The molecule has 7 heteroatoms. The van der Waals surface area contributed by atoms with Crippen LogP contribution in [0.15, 0.2) is 18.2 Å². The van der Waals surface area contributed by atoms with E-state index in [9.17, 15) is 14.3 Å². The predicted molar refractivity (Wildman–Crippen MR) is 88.8 cm³/mol. The Morgan fingerprint density at radius 1 is 1.42 bits per heavy atom. The van der Waals surface area contributed by atoms with Crippen molar-refractivity contribution in [1.29, 1.82) is 0 Å². The van der Waals surface area contributed by atoms with Crippen LogP contribution in [0.2, 0.25) is 0 Å². The van der Waals surface area contributed by atoms with Crippen molar-refractivity contribution < 1.29 is 23.8 Å². The van der Waals surface area contributed by atoms with Crippen LogP contribution in [-0.4, -0.2) is 55.6 Å². The number of methoxy groups -OCH3 is 1. The molecule has 0 radical (unpaired) electrons. The molecule has 0 aliphatic carbocycles. The third-order valence-electron chi connectivity index (χ3n) is 4.23. The lowest BCUT2D eigenvalue weighted by Crippen LogP contribution is -2.48. The Kier molecular flexibility index (Phi) is 6.81. The van der Waals surface area contributed by atoms with E-state index in [-0.39, 0.29) is 37.0 Å². The molecule has 0 spiro atoms. The van der Waals surface area contributed by atoms with Crippen molar-refractivity contribution in [3.05, 3.63) is 24.0 Å². The van der Waals surface area contributed by atoms with Gasteiger partial charge in [0.2, 0.25) is 0 Å². The zero-order valence-corrected chi connectivity index (χ0v) is 14.1. The van der Waals surface area contributed by atoms with Crippen LogP contribution in [-0.2, 0) is 4.74 Å². The maximum absolute atomic E-state index is 14.0. The zero-order valence-electron chi connectivity index (χ0n) is 14.1. The standard InChI is InChI=1S/C17H25FN2O4/c1-12-3-4-13(11-21)10-20(12)17(22)19-14-5-6-16(15(18)9-14)24-8-7-23-2/h5-6,9,12-13,21H,3-4,7-8,10-11H2,1-2H3,(H,19,22)/t12-,13+/m1/s1. The van der Waals surface area contributed by atoms with Crippen LogP contribution in [0.3, 0.4) is 0 Å². The minimum atomic E-state index is -0.538. The van der Waals surface area contributed by atoms with Gasteiger partial charge in [-0.3, -0.25) is 0 Å². The Balaban J connectivity index is 1.97. The van der Waals surface area contributed by atoms with E-state index in [0.29, 0.717) is 18.8 Å². The lowest BCUT2D eigenvalue weighted by atomic mass is 9.94. The molecule has 1 aromatic carbocycles. The van der Waals surface area contributed by atoms with Crippen molar-refractivity contribution >= 4 is 11.7 Å². The average Bonchev–Trinajstić information content (AvgIpc) is 2.57. The Labute approximate surface area is 141 Å². The highest BCUT2D eigenvalue weighted by molar-refractivity contribution is 5.89. The van der Waals surface area contributed by atoms with Crippen molar-refractivity contribution in [1.82, 2.24) is 4.90 Å². The number of hydrogen-bond acceptors (Lipinski definition) is 4. The number of piperidine rings is 1. The van der Waals surface area contributed by atoms with E-state index >= 15 is 0 Å². The fraction of sp³-hybridized carbons (Fsp3) is 0.588. The van der Waals surface area contributed by atoms with Gasteiger partial charge in [-0.25, -0.2) is 9.18 Å². The Morgan fingerprint density at radius 2 is 2.21 bits per heavy atom. The third-order valence-corrected chi connectivity index (χ3v) is 4.23. The van der Waals surface area contributed by atoms with Crippen molar-refractivity contribution in [2.45, 2.75) is 25.8 Å². The zero-order chi connectivity index (χ0) is 17.5. The number of nitrogens with one attached hydrogen (secondary N) is 1. The fourth-order valence-electron chi connectivity index (χ4n) is 2.74. The molecular formula is C17H25FN2O4. The SMILES string of the molecule is COCCOc1ccc(NC(=O)N2C[C@@H](CO)CC[C@H]2C)cc1F. The molecule has 0 saturated carbocycles. The number of amides is 2. The smallest absolute Gasteiger partial charge is 0.322 e. The van der Waals surface area contributed by atoms with E-state index in [4.69, 9.17) is 9.47 Å². The van der Waals surface area contributed by atoms with Gasteiger partial charge < -0.3 is 24.8 Å². The van der Waals surface area contributed by atoms with Crippen LogP contribution >= 0.6 is 0 Å². The summed E-state index contributed by atoms with van der Waals surface area (Å²) in [6.45, 7) is 3.17. The minimum Gasteiger partial charge on any atom is -0.488 e. The van der Waals surface area contributed by atoms with Crippen LogP contribution in [0.25, 0.3) is 0 Å². The molecule has 0 aromatic heterocycles. The quantitative estimate of drug-likeness (QED) is 0.781. The topological polar surface area (TPSA) is 71.0 Å². The third kappa shape index (κ3) is 4.82. The first-order valence-electron chi connectivity index (χ1n) is 8.15. The van der Waals surface area contributed by atoms with E-state index in [2.05, 4.69) is 5.32 Å². The highest BCUT2D eigenvalue weighted by atomic mass is 19.1. The lowest BCUT2D eigenvalue weighted by Gasteiger charge is -2.37. The molecule has 1 aliphatic rings. The predicted octanol–water partition coefficient (Wildman–Crippen LogP) is 2.48. The average molecular weight is 340 g/mol. The number of likely N-dealkylation sites (tertiary alicyclic amines) is 1. The Morgan fingerprint density at radius 3 is 2.88 bits per heavy atom. The van der Waals surface area contributed by atoms with E-state index in [1.807, 2.05) is 6.92 Å². The molecule has 1 aliphatic heterocycles. The molecule has 2 N–H and O–H groups in total. The number of ether oxygens (including phenoxy) is 2. The first kappa shape index (κ1) is 18.5. The highest BCUT2D eigenvalue weighted by Gasteiger charge is 2.28. The van der Waals surface area contributed by atoms with Gasteiger partial charge >= 0.3 is 6.03 Å². The summed E-state index contributed by atoms with van der Waals surface area (Å²) in [5.41, 5.74) is 0.370. The molecule has 2 amide bonds. The molecule has 6 nitrogen and oxygen atoms in total. The number of carbonyl (C=O) groups excluding carboxylic acids is 1. The Bertz CT molecular complexity index is 555. The van der Waals surface area contributed by atoms with Gasteiger partial charge in [-0.15, -0.1) is 0 Å². The molecule has 2 rings (SSSR count). The van der Waals surface area contributed by atoms with Gasteiger partial charge in [0.25, 0.3) is 0 Å².